The lowest BCUT2D eigenvalue weighted by atomic mass is 10.1. The summed E-state index contributed by atoms with van der Waals surface area (Å²) in [6.07, 6.45) is 3.80. The largest absolute Gasteiger partial charge is 0.379 e. The SMILES string of the molecule is N#Cc1cc(Br)cnc1N[C@@H]1CCCOC1. The van der Waals surface area contributed by atoms with Crippen LogP contribution < -0.4 is 5.32 Å². The number of pyridine rings is 1. The lowest BCUT2D eigenvalue weighted by molar-refractivity contribution is 0.0875. The second-order valence-electron chi connectivity index (χ2n) is 3.72. The predicted octanol–water partition coefficient (Wildman–Crippen LogP) is 2.31. The average molecular weight is 282 g/mol. The van der Waals surface area contributed by atoms with Crippen molar-refractivity contribution in [1.29, 1.82) is 5.26 Å². The third-order valence-electron chi connectivity index (χ3n) is 2.48. The number of aromatic nitrogens is 1. The van der Waals surface area contributed by atoms with Crippen molar-refractivity contribution in [3.63, 3.8) is 0 Å². The Labute approximate surface area is 103 Å². The molecule has 0 bridgehead atoms. The normalized spacial score (nSPS) is 20.1. The summed E-state index contributed by atoms with van der Waals surface area (Å²) in [4.78, 5) is 4.21. The molecule has 0 aliphatic carbocycles. The molecule has 4 nitrogen and oxygen atoms in total. The van der Waals surface area contributed by atoms with Crippen LogP contribution in [0.1, 0.15) is 18.4 Å². The fourth-order valence-electron chi connectivity index (χ4n) is 1.69. The fraction of sp³-hybridized carbons (Fsp3) is 0.455. The Bertz CT molecular complexity index is 410. The standard InChI is InChI=1S/C11H12BrN3O/c12-9-4-8(5-13)11(14-6-9)15-10-2-1-3-16-7-10/h4,6,10H,1-3,7H2,(H,14,15)/t10-/m1/s1. The molecule has 0 spiro atoms. The van der Waals surface area contributed by atoms with Crippen LogP contribution in [-0.4, -0.2) is 24.2 Å². The second kappa shape index (κ2) is 5.28. The molecule has 0 unspecified atom stereocenters. The zero-order chi connectivity index (χ0) is 11.4. The van der Waals surface area contributed by atoms with Gasteiger partial charge >= 0.3 is 0 Å². The van der Waals surface area contributed by atoms with Gasteiger partial charge in [-0.2, -0.15) is 5.26 Å². The first-order chi connectivity index (χ1) is 7.79. The summed E-state index contributed by atoms with van der Waals surface area (Å²) in [6.45, 7) is 1.51. The minimum atomic E-state index is 0.259. The molecule has 5 heteroatoms. The number of anilines is 1. The van der Waals surface area contributed by atoms with Crippen LogP contribution >= 0.6 is 15.9 Å². The first-order valence-electron chi connectivity index (χ1n) is 5.19. The van der Waals surface area contributed by atoms with Crippen molar-refractivity contribution in [3.05, 3.63) is 22.3 Å². The van der Waals surface area contributed by atoms with Crippen molar-refractivity contribution in [2.75, 3.05) is 18.5 Å². The van der Waals surface area contributed by atoms with Gasteiger partial charge in [0.15, 0.2) is 0 Å². The summed E-state index contributed by atoms with van der Waals surface area (Å²) in [6, 6.07) is 4.15. The molecule has 0 amide bonds. The van der Waals surface area contributed by atoms with Gasteiger partial charge in [-0.1, -0.05) is 0 Å². The summed E-state index contributed by atoms with van der Waals surface area (Å²) in [7, 11) is 0. The third-order valence-corrected chi connectivity index (χ3v) is 2.91. The monoisotopic (exact) mass is 281 g/mol. The molecular formula is C11H12BrN3O. The van der Waals surface area contributed by atoms with E-state index in [1.807, 2.05) is 0 Å². The highest BCUT2D eigenvalue weighted by atomic mass is 79.9. The van der Waals surface area contributed by atoms with E-state index in [-0.39, 0.29) is 6.04 Å². The van der Waals surface area contributed by atoms with Crippen LogP contribution in [0.4, 0.5) is 5.82 Å². The summed E-state index contributed by atoms with van der Waals surface area (Å²) in [5, 5.41) is 12.2. The fourth-order valence-corrected chi connectivity index (χ4v) is 2.02. The van der Waals surface area contributed by atoms with Gasteiger partial charge < -0.3 is 10.1 Å². The molecule has 16 heavy (non-hydrogen) atoms. The molecule has 1 fully saturated rings. The Morgan fingerprint density at radius 3 is 3.19 bits per heavy atom. The lowest BCUT2D eigenvalue weighted by Gasteiger charge is -2.23. The predicted molar refractivity (Wildman–Crippen MR) is 64.1 cm³/mol. The van der Waals surface area contributed by atoms with Crippen LogP contribution in [-0.2, 0) is 4.74 Å². The molecule has 1 N–H and O–H groups in total. The molecule has 0 aromatic carbocycles. The van der Waals surface area contributed by atoms with Gasteiger partial charge in [0.25, 0.3) is 0 Å². The molecule has 1 saturated heterocycles. The number of rotatable bonds is 2. The number of nitrogens with one attached hydrogen (secondary N) is 1. The van der Waals surface area contributed by atoms with Crippen LogP contribution in [0.2, 0.25) is 0 Å². The van der Waals surface area contributed by atoms with E-state index in [1.54, 1.807) is 12.3 Å². The molecule has 1 aliphatic rings. The van der Waals surface area contributed by atoms with E-state index in [1.165, 1.54) is 0 Å². The minimum absolute atomic E-state index is 0.259. The topological polar surface area (TPSA) is 57.9 Å². The molecule has 2 rings (SSSR count). The first kappa shape index (κ1) is 11.4. The summed E-state index contributed by atoms with van der Waals surface area (Å²) >= 11 is 3.30. The van der Waals surface area contributed by atoms with E-state index < -0.39 is 0 Å². The van der Waals surface area contributed by atoms with Gasteiger partial charge in [-0.3, -0.25) is 0 Å². The quantitative estimate of drug-likeness (QED) is 0.904. The highest BCUT2D eigenvalue weighted by molar-refractivity contribution is 9.10. The highest BCUT2D eigenvalue weighted by Crippen LogP contribution is 2.19. The van der Waals surface area contributed by atoms with Crippen molar-refractivity contribution < 1.29 is 4.74 Å². The number of hydrogen-bond acceptors (Lipinski definition) is 4. The smallest absolute Gasteiger partial charge is 0.144 e. The van der Waals surface area contributed by atoms with Crippen molar-refractivity contribution in [1.82, 2.24) is 4.98 Å². The molecule has 1 aliphatic heterocycles. The molecule has 84 valence electrons. The van der Waals surface area contributed by atoms with E-state index in [4.69, 9.17) is 10.00 Å². The Morgan fingerprint density at radius 1 is 1.62 bits per heavy atom. The van der Waals surface area contributed by atoms with Gasteiger partial charge in [0, 0.05) is 17.3 Å². The van der Waals surface area contributed by atoms with Gasteiger partial charge in [-0.25, -0.2) is 4.98 Å². The first-order valence-corrected chi connectivity index (χ1v) is 5.99. The number of nitriles is 1. The molecule has 1 aromatic rings. The minimum Gasteiger partial charge on any atom is -0.379 e. The molecular weight excluding hydrogens is 270 g/mol. The molecule has 0 radical (unpaired) electrons. The van der Waals surface area contributed by atoms with Crippen LogP contribution in [0, 0.1) is 11.3 Å². The van der Waals surface area contributed by atoms with Gasteiger partial charge in [-0.15, -0.1) is 0 Å². The van der Waals surface area contributed by atoms with Crippen LogP contribution in [0.3, 0.4) is 0 Å². The van der Waals surface area contributed by atoms with E-state index in [0.717, 1.165) is 23.9 Å². The van der Waals surface area contributed by atoms with E-state index in [2.05, 4.69) is 32.3 Å². The Morgan fingerprint density at radius 2 is 2.50 bits per heavy atom. The zero-order valence-corrected chi connectivity index (χ0v) is 10.3. The zero-order valence-electron chi connectivity index (χ0n) is 8.74. The van der Waals surface area contributed by atoms with Gasteiger partial charge in [0.2, 0.25) is 0 Å². The van der Waals surface area contributed by atoms with Gasteiger partial charge in [0.1, 0.15) is 11.9 Å². The van der Waals surface area contributed by atoms with E-state index in [9.17, 15) is 0 Å². The highest BCUT2D eigenvalue weighted by Gasteiger charge is 2.15. The summed E-state index contributed by atoms with van der Waals surface area (Å²) < 4.78 is 6.18. The van der Waals surface area contributed by atoms with Gasteiger partial charge in [0.05, 0.1) is 18.2 Å². The molecule has 2 heterocycles. The van der Waals surface area contributed by atoms with Gasteiger partial charge in [-0.05, 0) is 34.8 Å². The molecule has 1 atom stereocenters. The third kappa shape index (κ3) is 2.71. The maximum absolute atomic E-state index is 8.99. The van der Waals surface area contributed by atoms with Crippen molar-refractivity contribution in [2.24, 2.45) is 0 Å². The Kier molecular flexibility index (Phi) is 3.75. The van der Waals surface area contributed by atoms with Crippen molar-refractivity contribution in [2.45, 2.75) is 18.9 Å². The van der Waals surface area contributed by atoms with E-state index >= 15 is 0 Å². The number of nitrogens with zero attached hydrogens (tertiary/aromatic N) is 2. The maximum Gasteiger partial charge on any atom is 0.144 e. The van der Waals surface area contributed by atoms with E-state index in [0.29, 0.717) is 18.0 Å². The lowest BCUT2D eigenvalue weighted by Crippen LogP contribution is -2.30. The molecule has 1 aromatic heterocycles. The van der Waals surface area contributed by atoms with Crippen molar-refractivity contribution in [3.8, 4) is 6.07 Å². The maximum atomic E-state index is 8.99. The van der Waals surface area contributed by atoms with Crippen molar-refractivity contribution >= 4 is 21.7 Å². The number of hydrogen-bond donors (Lipinski definition) is 1. The molecule has 0 saturated carbocycles. The summed E-state index contributed by atoms with van der Waals surface area (Å²) in [5.41, 5.74) is 0.556. The van der Waals surface area contributed by atoms with Crippen LogP contribution in [0.25, 0.3) is 0 Å². The Hall–Kier alpha value is -1.12. The van der Waals surface area contributed by atoms with Crippen LogP contribution in [0.5, 0.6) is 0 Å². The second-order valence-corrected chi connectivity index (χ2v) is 4.64. The number of halogens is 1. The average Bonchev–Trinajstić information content (AvgIpc) is 2.33. The summed E-state index contributed by atoms with van der Waals surface area (Å²) in [5.74, 6) is 0.640. The number of ether oxygens (including phenoxy) is 1. The Balaban J connectivity index is 2.11. The van der Waals surface area contributed by atoms with Crippen LogP contribution in [0.15, 0.2) is 16.7 Å².